The van der Waals surface area contributed by atoms with Crippen LogP contribution in [0.5, 0.6) is 0 Å². The van der Waals surface area contributed by atoms with Crippen LogP contribution < -0.4 is 0 Å². The molecule has 0 aliphatic rings. The van der Waals surface area contributed by atoms with Gasteiger partial charge in [0.15, 0.2) is 0 Å². The molecule has 0 aliphatic carbocycles. The van der Waals surface area contributed by atoms with E-state index in [0.717, 1.165) is 16.5 Å². The number of carbonyl (C=O) groups is 1. The molecular formula is C12H17NO4S2. The molecule has 7 heteroatoms. The Morgan fingerprint density at radius 1 is 1.53 bits per heavy atom. The van der Waals surface area contributed by atoms with Crippen LogP contribution in [0, 0.1) is 0 Å². The van der Waals surface area contributed by atoms with E-state index in [1.807, 2.05) is 12.3 Å². The van der Waals surface area contributed by atoms with Crippen molar-refractivity contribution in [3.63, 3.8) is 0 Å². The van der Waals surface area contributed by atoms with E-state index in [2.05, 4.69) is 0 Å². The molecule has 0 unspecified atom stereocenters. The van der Waals surface area contributed by atoms with Crippen LogP contribution in [0.1, 0.15) is 23.8 Å². The van der Waals surface area contributed by atoms with Crippen LogP contribution in [-0.2, 0) is 21.4 Å². The molecule has 0 radical (unpaired) electrons. The molecule has 0 atom stereocenters. The van der Waals surface area contributed by atoms with Crippen LogP contribution in [0.15, 0.2) is 17.5 Å². The molecule has 0 saturated carbocycles. The van der Waals surface area contributed by atoms with Gasteiger partial charge >= 0.3 is 5.97 Å². The van der Waals surface area contributed by atoms with Gasteiger partial charge in [-0.15, -0.1) is 11.3 Å². The van der Waals surface area contributed by atoms with E-state index >= 15 is 0 Å². The van der Waals surface area contributed by atoms with Gasteiger partial charge in [-0.05, 0) is 29.5 Å². The SMILES string of the molecule is CCCS(=O)(=O)N(C)Cc1csc(C=CC(=O)O)c1. The van der Waals surface area contributed by atoms with Gasteiger partial charge in [0.1, 0.15) is 0 Å². The van der Waals surface area contributed by atoms with E-state index in [-0.39, 0.29) is 5.75 Å². The van der Waals surface area contributed by atoms with Crippen molar-refractivity contribution in [2.24, 2.45) is 0 Å². The lowest BCUT2D eigenvalue weighted by Gasteiger charge is -2.15. The van der Waals surface area contributed by atoms with Gasteiger partial charge in [-0.25, -0.2) is 17.5 Å². The summed E-state index contributed by atoms with van der Waals surface area (Å²) in [4.78, 5) is 11.2. The second-order valence-electron chi connectivity index (χ2n) is 4.10. The third kappa shape index (κ3) is 5.14. The lowest BCUT2D eigenvalue weighted by Crippen LogP contribution is -2.28. The Labute approximate surface area is 117 Å². The van der Waals surface area contributed by atoms with Gasteiger partial charge < -0.3 is 5.11 Å². The largest absolute Gasteiger partial charge is 0.478 e. The number of hydrogen-bond acceptors (Lipinski definition) is 4. The summed E-state index contributed by atoms with van der Waals surface area (Å²) >= 11 is 1.39. The Balaban J connectivity index is 2.71. The molecule has 1 heterocycles. The highest BCUT2D eigenvalue weighted by Crippen LogP contribution is 2.18. The van der Waals surface area contributed by atoms with Crippen LogP contribution in [0.25, 0.3) is 6.08 Å². The normalized spacial score (nSPS) is 12.4. The smallest absolute Gasteiger partial charge is 0.328 e. The van der Waals surface area contributed by atoms with Crippen molar-refractivity contribution in [3.05, 3.63) is 28.0 Å². The average Bonchev–Trinajstić information content (AvgIpc) is 2.74. The van der Waals surface area contributed by atoms with Crippen molar-refractivity contribution in [3.8, 4) is 0 Å². The number of sulfonamides is 1. The first-order valence-electron chi connectivity index (χ1n) is 5.77. The number of carboxylic acid groups (broad SMARTS) is 1. The number of aliphatic carboxylic acids is 1. The molecule has 0 bridgehead atoms. The predicted octanol–water partition coefficient (Wildman–Crippen LogP) is 2.02. The first kappa shape index (κ1) is 15.9. The van der Waals surface area contributed by atoms with E-state index in [9.17, 15) is 13.2 Å². The first-order chi connectivity index (χ1) is 8.85. The molecule has 19 heavy (non-hydrogen) atoms. The molecule has 0 spiro atoms. The molecule has 0 aromatic carbocycles. The van der Waals surface area contributed by atoms with Gasteiger partial charge in [-0.1, -0.05) is 6.92 Å². The predicted molar refractivity (Wildman–Crippen MR) is 76.5 cm³/mol. The van der Waals surface area contributed by atoms with E-state index in [1.54, 1.807) is 13.1 Å². The van der Waals surface area contributed by atoms with Crippen LogP contribution >= 0.6 is 11.3 Å². The third-order valence-electron chi connectivity index (χ3n) is 2.41. The van der Waals surface area contributed by atoms with E-state index in [1.165, 1.54) is 21.7 Å². The lowest BCUT2D eigenvalue weighted by molar-refractivity contribution is -0.131. The molecule has 0 amide bonds. The van der Waals surface area contributed by atoms with Crippen LogP contribution in [0.4, 0.5) is 0 Å². The molecule has 106 valence electrons. The topological polar surface area (TPSA) is 74.7 Å². The number of rotatable bonds is 7. The van der Waals surface area contributed by atoms with E-state index in [4.69, 9.17) is 5.11 Å². The fourth-order valence-corrected chi connectivity index (χ4v) is 3.46. The fraction of sp³-hybridized carbons (Fsp3) is 0.417. The average molecular weight is 303 g/mol. The van der Waals surface area contributed by atoms with Gasteiger partial charge in [0.25, 0.3) is 0 Å². The Hall–Kier alpha value is -1.18. The minimum atomic E-state index is -3.20. The molecular weight excluding hydrogens is 286 g/mol. The van der Waals surface area contributed by atoms with Crippen molar-refractivity contribution in [1.82, 2.24) is 4.31 Å². The summed E-state index contributed by atoms with van der Waals surface area (Å²) in [6.45, 7) is 2.13. The molecule has 1 rings (SSSR count). The van der Waals surface area contributed by atoms with Crippen LogP contribution in [0.3, 0.4) is 0 Å². The highest BCUT2D eigenvalue weighted by molar-refractivity contribution is 7.89. The third-order valence-corrected chi connectivity index (χ3v) is 5.36. The van der Waals surface area contributed by atoms with E-state index in [0.29, 0.717) is 13.0 Å². The molecule has 1 aromatic rings. The molecule has 0 aliphatic heterocycles. The Morgan fingerprint density at radius 3 is 2.79 bits per heavy atom. The molecule has 1 N–H and O–H groups in total. The minimum Gasteiger partial charge on any atom is -0.478 e. The summed E-state index contributed by atoms with van der Waals surface area (Å²) in [6.07, 6.45) is 3.15. The maximum absolute atomic E-state index is 11.8. The quantitative estimate of drug-likeness (QED) is 0.782. The van der Waals surface area contributed by atoms with Crippen molar-refractivity contribution >= 4 is 33.4 Å². The minimum absolute atomic E-state index is 0.138. The number of thiophene rings is 1. The fourth-order valence-electron chi connectivity index (χ4n) is 1.49. The van der Waals surface area contributed by atoms with E-state index < -0.39 is 16.0 Å². The second kappa shape index (κ2) is 6.83. The zero-order valence-corrected chi connectivity index (χ0v) is 12.5. The summed E-state index contributed by atoms with van der Waals surface area (Å²) < 4.78 is 24.9. The highest BCUT2D eigenvalue weighted by atomic mass is 32.2. The Bertz CT molecular complexity index is 560. The first-order valence-corrected chi connectivity index (χ1v) is 8.26. The number of nitrogens with zero attached hydrogens (tertiary/aromatic N) is 1. The monoisotopic (exact) mass is 303 g/mol. The Morgan fingerprint density at radius 2 is 2.21 bits per heavy atom. The van der Waals surface area contributed by atoms with Crippen molar-refractivity contribution in [1.29, 1.82) is 0 Å². The van der Waals surface area contributed by atoms with Gasteiger partial charge in [-0.3, -0.25) is 0 Å². The zero-order chi connectivity index (χ0) is 14.5. The standard InChI is InChI=1S/C12H17NO4S2/c1-3-6-19(16,17)13(2)8-10-7-11(18-9-10)4-5-12(14)15/h4-5,7,9H,3,6,8H2,1-2H3,(H,14,15). The number of carboxylic acids is 1. The summed E-state index contributed by atoms with van der Waals surface area (Å²) in [5.41, 5.74) is 0.859. The second-order valence-corrected chi connectivity index (χ2v) is 7.24. The van der Waals surface area contributed by atoms with Crippen LogP contribution in [0.2, 0.25) is 0 Å². The van der Waals surface area contributed by atoms with Gasteiger partial charge in [-0.2, -0.15) is 0 Å². The van der Waals surface area contributed by atoms with Gasteiger partial charge in [0, 0.05) is 24.5 Å². The maximum atomic E-state index is 11.8. The summed E-state index contributed by atoms with van der Waals surface area (Å²) in [5.74, 6) is -0.864. The highest BCUT2D eigenvalue weighted by Gasteiger charge is 2.17. The van der Waals surface area contributed by atoms with Crippen molar-refractivity contribution < 1.29 is 18.3 Å². The van der Waals surface area contributed by atoms with Gasteiger partial charge in [0.05, 0.1) is 5.75 Å². The summed E-state index contributed by atoms with van der Waals surface area (Å²) in [6, 6.07) is 1.79. The zero-order valence-electron chi connectivity index (χ0n) is 10.9. The van der Waals surface area contributed by atoms with Crippen molar-refractivity contribution in [2.45, 2.75) is 19.9 Å². The maximum Gasteiger partial charge on any atom is 0.328 e. The summed E-state index contributed by atoms with van der Waals surface area (Å²) in [5, 5.41) is 10.4. The lowest BCUT2D eigenvalue weighted by atomic mass is 10.3. The molecule has 0 saturated heterocycles. The van der Waals surface area contributed by atoms with Crippen LogP contribution in [-0.4, -0.2) is 36.6 Å². The molecule has 1 aromatic heterocycles. The Kier molecular flexibility index (Phi) is 5.71. The summed E-state index contributed by atoms with van der Waals surface area (Å²) in [7, 11) is -1.65. The molecule has 5 nitrogen and oxygen atoms in total. The number of hydrogen-bond donors (Lipinski definition) is 1. The molecule has 0 fully saturated rings. The van der Waals surface area contributed by atoms with Crippen molar-refractivity contribution in [2.75, 3.05) is 12.8 Å². The van der Waals surface area contributed by atoms with Gasteiger partial charge in [0.2, 0.25) is 10.0 Å².